The first-order valence-corrected chi connectivity index (χ1v) is 11.2. The maximum atomic E-state index is 13.1. The van der Waals surface area contributed by atoms with Crippen LogP contribution in [0.5, 0.6) is 5.75 Å². The molecule has 2 aromatic rings. The van der Waals surface area contributed by atoms with Crippen LogP contribution in [0.15, 0.2) is 36.4 Å². The Morgan fingerprint density at radius 1 is 1.00 bits per heavy atom. The molecule has 2 amide bonds. The molecule has 1 unspecified atom stereocenters. The normalized spacial score (nSPS) is 11.9. The zero-order valence-electron chi connectivity index (χ0n) is 17.4. The van der Waals surface area contributed by atoms with Crippen LogP contribution in [0.3, 0.4) is 0 Å². The fourth-order valence-corrected chi connectivity index (χ4v) is 3.68. The van der Waals surface area contributed by atoms with Gasteiger partial charge in [0.15, 0.2) is 6.61 Å². The maximum absolute atomic E-state index is 13.1. The number of nitrogens with one attached hydrogen (secondary N) is 1. The van der Waals surface area contributed by atoms with Crippen LogP contribution in [0.4, 0.5) is 0 Å². The van der Waals surface area contributed by atoms with Crippen LogP contribution in [-0.2, 0) is 16.1 Å². The molecular formula is C22H24Cl4N2O3. The summed E-state index contributed by atoms with van der Waals surface area (Å²) in [6.45, 7) is 5.83. The third-order valence-electron chi connectivity index (χ3n) is 4.49. The monoisotopic (exact) mass is 504 g/mol. The van der Waals surface area contributed by atoms with Gasteiger partial charge in [-0.2, -0.15) is 0 Å². The average Bonchev–Trinajstić information content (AvgIpc) is 2.70. The van der Waals surface area contributed by atoms with Crippen LogP contribution in [-0.4, -0.2) is 35.9 Å². The van der Waals surface area contributed by atoms with E-state index in [1.54, 1.807) is 37.3 Å². The van der Waals surface area contributed by atoms with E-state index in [0.29, 0.717) is 32.9 Å². The van der Waals surface area contributed by atoms with Crippen molar-refractivity contribution in [3.63, 3.8) is 0 Å². The summed E-state index contributed by atoms with van der Waals surface area (Å²) in [4.78, 5) is 27.1. The van der Waals surface area contributed by atoms with Crippen LogP contribution in [0.2, 0.25) is 20.1 Å². The van der Waals surface area contributed by atoms with Gasteiger partial charge >= 0.3 is 0 Å². The minimum absolute atomic E-state index is 0.0469. The number of ether oxygens (including phenoxy) is 1. The topological polar surface area (TPSA) is 58.6 Å². The zero-order chi connectivity index (χ0) is 23.1. The number of carbonyl (C=O) groups excluding carboxylic acids is 2. The molecule has 168 valence electrons. The molecule has 1 atom stereocenters. The first-order chi connectivity index (χ1) is 14.6. The lowest BCUT2D eigenvalue weighted by molar-refractivity contribution is -0.142. The van der Waals surface area contributed by atoms with E-state index in [-0.39, 0.29) is 30.0 Å². The molecule has 0 spiro atoms. The van der Waals surface area contributed by atoms with Gasteiger partial charge in [-0.15, -0.1) is 0 Å². The van der Waals surface area contributed by atoms with E-state index in [9.17, 15) is 9.59 Å². The molecule has 0 heterocycles. The first-order valence-electron chi connectivity index (χ1n) is 9.68. The van der Waals surface area contributed by atoms with Crippen LogP contribution in [0, 0.1) is 5.92 Å². The highest BCUT2D eigenvalue weighted by Gasteiger charge is 2.28. The van der Waals surface area contributed by atoms with Gasteiger partial charge in [0.05, 0.1) is 5.02 Å². The molecular weight excluding hydrogens is 482 g/mol. The Balaban J connectivity index is 2.22. The Hall–Kier alpha value is -1.66. The fraction of sp³-hybridized carbons (Fsp3) is 0.364. The quantitative estimate of drug-likeness (QED) is 0.463. The zero-order valence-corrected chi connectivity index (χ0v) is 20.4. The molecule has 2 aromatic carbocycles. The Morgan fingerprint density at radius 3 is 2.23 bits per heavy atom. The Morgan fingerprint density at radius 2 is 1.65 bits per heavy atom. The van der Waals surface area contributed by atoms with Crippen LogP contribution >= 0.6 is 46.4 Å². The van der Waals surface area contributed by atoms with Crippen molar-refractivity contribution in [2.75, 3.05) is 13.2 Å². The molecule has 1 N–H and O–H groups in total. The number of carbonyl (C=O) groups is 2. The second kappa shape index (κ2) is 11.8. The van der Waals surface area contributed by atoms with Crippen LogP contribution in [0.1, 0.15) is 26.3 Å². The lowest BCUT2D eigenvalue weighted by Crippen LogP contribution is -2.49. The van der Waals surface area contributed by atoms with E-state index in [1.807, 2.05) is 13.8 Å². The molecule has 0 radical (unpaired) electrons. The molecule has 2 rings (SSSR count). The van der Waals surface area contributed by atoms with E-state index < -0.39 is 11.9 Å². The van der Waals surface area contributed by atoms with E-state index in [0.717, 1.165) is 0 Å². The van der Waals surface area contributed by atoms with Crippen molar-refractivity contribution in [2.45, 2.75) is 33.4 Å². The molecule has 0 aliphatic carbocycles. The summed E-state index contributed by atoms with van der Waals surface area (Å²) >= 11 is 24.6. The second-order valence-electron chi connectivity index (χ2n) is 7.40. The number of benzene rings is 2. The predicted molar refractivity (Wildman–Crippen MR) is 126 cm³/mol. The Kier molecular flexibility index (Phi) is 9.76. The fourth-order valence-electron chi connectivity index (χ4n) is 2.70. The molecule has 0 bridgehead atoms. The minimum atomic E-state index is -0.775. The van der Waals surface area contributed by atoms with Crippen molar-refractivity contribution in [1.29, 1.82) is 0 Å². The van der Waals surface area contributed by atoms with Gasteiger partial charge in [-0.3, -0.25) is 9.59 Å². The molecule has 0 aliphatic heterocycles. The highest BCUT2D eigenvalue weighted by atomic mass is 35.5. The Labute approximate surface area is 202 Å². The minimum Gasteiger partial charge on any atom is -0.482 e. The second-order valence-corrected chi connectivity index (χ2v) is 9.06. The highest BCUT2D eigenvalue weighted by Crippen LogP contribution is 2.29. The predicted octanol–water partition coefficient (Wildman–Crippen LogP) is 5.87. The largest absolute Gasteiger partial charge is 0.482 e. The smallest absolute Gasteiger partial charge is 0.261 e. The van der Waals surface area contributed by atoms with Gasteiger partial charge in [0.25, 0.3) is 5.91 Å². The van der Waals surface area contributed by atoms with Crippen LogP contribution < -0.4 is 10.1 Å². The van der Waals surface area contributed by atoms with Gasteiger partial charge in [0.1, 0.15) is 11.8 Å². The molecule has 0 saturated heterocycles. The first kappa shape index (κ1) is 25.6. The average molecular weight is 506 g/mol. The molecule has 0 aliphatic rings. The van der Waals surface area contributed by atoms with Crippen molar-refractivity contribution >= 4 is 58.2 Å². The number of amides is 2. The standard InChI is InChI=1S/C22H24Cl4N2O3/c1-13(2)10-27-22(30)14(3)28(11-16-17(24)5-4-6-18(16)25)21(29)12-31-20-8-7-15(23)9-19(20)26/h4-9,13-14H,10-12H2,1-3H3,(H,27,30). The van der Waals surface area contributed by atoms with Gasteiger partial charge in [-0.05, 0) is 43.2 Å². The van der Waals surface area contributed by atoms with Gasteiger partial charge in [0, 0.05) is 33.7 Å². The summed E-state index contributed by atoms with van der Waals surface area (Å²) in [5.41, 5.74) is 0.548. The summed E-state index contributed by atoms with van der Waals surface area (Å²) < 4.78 is 5.58. The van der Waals surface area contributed by atoms with Gasteiger partial charge < -0.3 is 15.0 Å². The third kappa shape index (κ3) is 7.46. The maximum Gasteiger partial charge on any atom is 0.261 e. The highest BCUT2D eigenvalue weighted by molar-refractivity contribution is 6.36. The van der Waals surface area contributed by atoms with Crippen molar-refractivity contribution in [2.24, 2.45) is 5.92 Å². The van der Waals surface area contributed by atoms with Crippen molar-refractivity contribution in [1.82, 2.24) is 10.2 Å². The number of halogens is 4. The molecule has 0 fully saturated rings. The molecule has 9 heteroatoms. The Bertz CT molecular complexity index is 917. The molecule has 5 nitrogen and oxygen atoms in total. The van der Waals surface area contributed by atoms with Gasteiger partial charge in [-0.25, -0.2) is 0 Å². The summed E-state index contributed by atoms with van der Waals surface area (Å²) in [7, 11) is 0. The number of hydrogen-bond donors (Lipinski definition) is 1. The van der Waals surface area contributed by atoms with Crippen molar-refractivity contribution in [3.8, 4) is 5.75 Å². The van der Waals surface area contributed by atoms with E-state index in [1.165, 1.54) is 11.0 Å². The number of hydrogen-bond acceptors (Lipinski definition) is 3. The summed E-state index contributed by atoms with van der Waals surface area (Å²) in [6, 6.07) is 9.00. The van der Waals surface area contributed by atoms with Crippen molar-refractivity contribution < 1.29 is 14.3 Å². The molecule has 0 saturated carbocycles. The molecule has 0 aromatic heterocycles. The van der Waals surface area contributed by atoms with E-state index in [4.69, 9.17) is 51.1 Å². The lowest BCUT2D eigenvalue weighted by Gasteiger charge is -2.29. The van der Waals surface area contributed by atoms with Gasteiger partial charge in [-0.1, -0.05) is 66.3 Å². The van der Waals surface area contributed by atoms with Gasteiger partial charge in [0.2, 0.25) is 5.91 Å². The molecule has 31 heavy (non-hydrogen) atoms. The van der Waals surface area contributed by atoms with Crippen molar-refractivity contribution in [3.05, 3.63) is 62.1 Å². The third-order valence-corrected chi connectivity index (χ3v) is 5.73. The van der Waals surface area contributed by atoms with E-state index >= 15 is 0 Å². The summed E-state index contributed by atoms with van der Waals surface area (Å²) in [6.07, 6.45) is 0. The number of nitrogens with zero attached hydrogens (tertiary/aromatic N) is 1. The van der Waals surface area contributed by atoms with Crippen LogP contribution in [0.25, 0.3) is 0 Å². The number of rotatable bonds is 9. The summed E-state index contributed by atoms with van der Waals surface area (Å²) in [5.74, 6) is -0.121. The van der Waals surface area contributed by atoms with E-state index in [2.05, 4.69) is 5.32 Å². The lowest BCUT2D eigenvalue weighted by atomic mass is 10.1. The SMILES string of the molecule is CC(C)CNC(=O)C(C)N(Cc1c(Cl)cccc1Cl)C(=O)COc1ccc(Cl)cc1Cl. The summed E-state index contributed by atoms with van der Waals surface area (Å²) in [5, 5.41) is 4.39.